The molecule has 20 heavy (non-hydrogen) atoms. The predicted octanol–water partition coefficient (Wildman–Crippen LogP) is 6.03. The molecule has 2 aromatic carbocycles. The standard InChI is InChI=1S/C19H16S/c1-12-10-14(11-13(12)2)15-7-5-8-17-16-6-3-4-9-18(16)20-19(15)17/h3-12H,1-2H3. The normalized spacial score (nSPS) is 18.6. The van der Waals surface area contributed by atoms with Gasteiger partial charge in [0.15, 0.2) is 0 Å². The van der Waals surface area contributed by atoms with E-state index in [0.29, 0.717) is 5.92 Å². The Morgan fingerprint density at radius 2 is 1.75 bits per heavy atom. The van der Waals surface area contributed by atoms with E-state index < -0.39 is 0 Å². The SMILES string of the molecule is CC1=CC(c2cccc3c2sc2ccccc23)=CC1C. The van der Waals surface area contributed by atoms with Gasteiger partial charge in [0.2, 0.25) is 0 Å². The molecule has 0 nitrogen and oxygen atoms in total. The molecular weight excluding hydrogens is 260 g/mol. The number of allylic oxidation sites excluding steroid dienone is 4. The van der Waals surface area contributed by atoms with Gasteiger partial charge in [-0.3, -0.25) is 0 Å². The molecule has 1 heteroatoms. The van der Waals surface area contributed by atoms with Crippen molar-refractivity contribution in [2.75, 3.05) is 0 Å². The van der Waals surface area contributed by atoms with Crippen LogP contribution in [0.25, 0.3) is 25.7 Å². The topological polar surface area (TPSA) is 0 Å². The Labute approximate surface area is 123 Å². The zero-order valence-corrected chi connectivity index (χ0v) is 12.5. The maximum Gasteiger partial charge on any atom is 0.0433 e. The Morgan fingerprint density at radius 1 is 0.950 bits per heavy atom. The minimum atomic E-state index is 0.564. The van der Waals surface area contributed by atoms with Gasteiger partial charge in [-0.2, -0.15) is 0 Å². The third kappa shape index (κ3) is 1.66. The lowest BCUT2D eigenvalue weighted by atomic mass is 10.0. The molecule has 1 aliphatic carbocycles. The summed E-state index contributed by atoms with van der Waals surface area (Å²) in [6, 6.07) is 15.4. The van der Waals surface area contributed by atoms with E-state index in [2.05, 4.69) is 68.5 Å². The van der Waals surface area contributed by atoms with E-state index in [0.717, 1.165) is 0 Å². The summed E-state index contributed by atoms with van der Waals surface area (Å²) in [4.78, 5) is 0. The van der Waals surface area contributed by atoms with Gasteiger partial charge in [-0.05, 0) is 30.0 Å². The van der Waals surface area contributed by atoms with Gasteiger partial charge in [0.25, 0.3) is 0 Å². The van der Waals surface area contributed by atoms with Crippen LogP contribution < -0.4 is 0 Å². The van der Waals surface area contributed by atoms with Crippen LogP contribution in [0.1, 0.15) is 19.4 Å². The fraction of sp³-hybridized carbons (Fsp3) is 0.158. The Kier molecular flexibility index (Phi) is 2.58. The van der Waals surface area contributed by atoms with Crippen LogP contribution >= 0.6 is 11.3 Å². The minimum Gasteiger partial charge on any atom is -0.135 e. The van der Waals surface area contributed by atoms with Crippen molar-refractivity contribution in [1.82, 2.24) is 0 Å². The summed E-state index contributed by atoms with van der Waals surface area (Å²) in [6.45, 7) is 4.49. The first kappa shape index (κ1) is 11.9. The lowest BCUT2D eigenvalue weighted by Gasteiger charge is -2.02. The number of fused-ring (bicyclic) bond motifs is 3. The number of hydrogen-bond acceptors (Lipinski definition) is 1. The summed E-state index contributed by atoms with van der Waals surface area (Å²) in [5.74, 6) is 0.564. The number of rotatable bonds is 1. The highest BCUT2D eigenvalue weighted by molar-refractivity contribution is 7.26. The van der Waals surface area contributed by atoms with Crippen LogP contribution in [0.4, 0.5) is 0 Å². The summed E-state index contributed by atoms with van der Waals surface area (Å²) in [6.07, 6.45) is 4.72. The first-order valence-corrected chi connectivity index (χ1v) is 7.86. The molecule has 4 rings (SSSR count). The Morgan fingerprint density at radius 3 is 2.55 bits per heavy atom. The quantitative estimate of drug-likeness (QED) is 0.508. The molecule has 98 valence electrons. The van der Waals surface area contributed by atoms with Gasteiger partial charge < -0.3 is 0 Å². The maximum atomic E-state index is 2.38. The van der Waals surface area contributed by atoms with Crippen molar-refractivity contribution in [3.05, 3.63) is 65.8 Å². The van der Waals surface area contributed by atoms with Crippen molar-refractivity contribution >= 4 is 37.1 Å². The monoisotopic (exact) mass is 276 g/mol. The van der Waals surface area contributed by atoms with E-state index in [4.69, 9.17) is 0 Å². The average molecular weight is 276 g/mol. The first-order chi connectivity index (χ1) is 9.74. The molecule has 1 unspecified atom stereocenters. The fourth-order valence-electron chi connectivity index (χ4n) is 2.97. The van der Waals surface area contributed by atoms with Crippen LogP contribution in [0.2, 0.25) is 0 Å². The van der Waals surface area contributed by atoms with Gasteiger partial charge in [0, 0.05) is 20.2 Å². The molecule has 0 saturated heterocycles. The Hall–Kier alpha value is -1.86. The van der Waals surface area contributed by atoms with Crippen LogP contribution in [-0.4, -0.2) is 0 Å². The Balaban J connectivity index is 2.04. The summed E-state index contributed by atoms with van der Waals surface area (Å²) in [5.41, 5.74) is 4.22. The zero-order valence-electron chi connectivity index (χ0n) is 11.7. The van der Waals surface area contributed by atoms with E-state index in [1.165, 1.54) is 36.9 Å². The minimum absolute atomic E-state index is 0.564. The second-order valence-electron chi connectivity index (χ2n) is 5.58. The number of hydrogen-bond donors (Lipinski definition) is 0. The van der Waals surface area contributed by atoms with E-state index in [9.17, 15) is 0 Å². The molecule has 0 bridgehead atoms. The van der Waals surface area contributed by atoms with Gasteiger partial charge in [-0.25, -0.2) is 0 Å². The molecule has 3 aromatic rings. The van der Waals surface area contributed by atoms with E-state index in [-0.39, 0.29) is 0 Å². The molecule has 1 aliphatic rings. The van der Waals surface area contributed by atoms with Gasteiger partial charge in [0.05, 0.1) is 0 Å². The van der Waals surface area contributed by atoms with Gasteiger partial charge in [0.1, 0.15) is 0 Å². The molecule has 1 heterocycles. The van der Waals surface area contributed by atoms with Crippen LogP contribution in [0.5, 0.6) is 0 Å². The predicted molar refractivity (Wildman–Crippen MR) is 90.2 cm³/mol. The molecule has 1 atom stereocenters. The number of benzene rings is 2. The maximum absolute atomic E-state index is 2.38. The van der Waals surface area contributed by atoms with Gasteiger partial charge >= 0.3 is 0 Å². The second kappa shape index (κ2) is 4.32. The smallest absolute Gasteiger partial charge is 0.0433 e. The molecule has 0 N–H and O–H groups in total. The molecule has 0 fully saturated rings. The molecule has 0 radical (unpaired) electrons. The molecular formula is C19H16S. The van der Waals surface area contributed by atoms with E-state index in [1.54, 1.807) is 0 Å². The van der Waals surface area contributed by atoms with Crippen LogP contribution in [-0.2, 0) is 0 Å². The summed E-state index contributed by atoms with van der Waals surface area (Å²) in [5, 5.41) is 2.76. The third-order valence-electron chi connectivity index (χ3n) is 4.25. The zero-order chi connectivity index (χ0) is 13.7. The van der Waals surface area contributed by atoms with E-state index in [1.807, 2.05) is 11.3 Å². The van der Waals surface area contributed by atoms with Crippen LogP contribution in [0, 0.1) is 5.92 Å². The molecule has 0 spiro atoms. The van der Waals surface area contributed by atoms with Crippen molar-refractivity contribution in [3.8, 4) is 0 Å². The van der Waals surface area contributed by atoms with Crippen molar-refractivity contribution in [2.45, 2.75) is 13.8 Å². The summed E-state index contributed by atoms with van der Waals surface area (Å²) in [7, 11) is 0. The van der Waals surface area contributed by atoms with Crippen molar-refractivity contribution < 1.29 is 0 Å². The van der Waals surface area contributed by atoms with Crippen LogP contribution in [0.15, 0.2) is 60.2 Å². The first-order valence-electron chi connectivity index (χ1n) is 7.04. The van der Waals surface area contributed by atoms with Gasteiger partial charge in [-0.1, -0.05) is 61.0 Å². The van der Waals surface area contributed by atoms with Crippen molar-refractivity contribution in [3.63, 3.8) is 0 Å². The lowest BCUT2D eigenvalue weighted by Crippen LogP contribution is -1.84. The number of thiophene rings is 1. The highest BCUT2D eigenvalue weighted by Crippen LogP contribution is 2.40. The summed E-state index contributed by atoms with van der Waals surface area (Å²) >= 11 is 1.91. The highest BCUT2D eigenvalue weighted by atomic mass is 32.1. The lowest BCUT2D eigenvalue weighted by molar-refractivity contribution is 0.883. The van der Waals surface area contributed by atoms with Crippen molar-refractivity contribution in [1.29, 1.82) is 0 Å². The van der Waals surface area contributed by atoms with E-state index >= 15 is 0 Å². The summed E-state index contributed by atoms with van der Waals surface area (Å²) < 4.78 is 2.79. The Bertz CT molecular complexity index is 877. The molecule has 0 amide bonds. The molecule has 1 aromatic heterocycles. The fourth-order valence-corrected chi connectivity index (χ4v) is 4.21. The third-order valence-corrected chi connectivity index (χ3v) is 5.47. The van der Waals surface area contributed by atoms with Crippen molar-refractivity contribution in [2.24, 2.45) is 5.92 Å². The van der Waals surface area contributed by atoms with Crippen LogP contribution in [0.3, 0.4) is 0 Å². The second-order valence-corrected chi connectivity index (χ2v) is 6.63. The highest BCUT2D eigenvalue weighted by Gasteiger charge is 2.15. The molecule has 0 aliphatic heterocycles. The van der Waals surface area contributed by atoms with Gasteiger partial charge in [-0.15, -0.1) is 11.3 Å². The largest absolute Gasteiger partial charge is 0.135 e. The average Bonchev–Trinajstić information content (AvgIpc) is 2.99. The molecule has 0 saturated carbocycles.